The Hall–Kier alpha value is -2.44. The van der Waals surface area contributed by atoms with Crippen LogP contribution in [0.15, 0.2) is 24.3 Å². The second kappa shape index (κ2) is 6.14. The quantitative estimate of drug-likeness (QED) is 0.864. The molecule has 2 rings (SSSR count). The molecule has 1 heterocycles. The molecule has 0 saturated carbocycles. The first-order chi connectivity index (χ1) is 9.69. The summed E-state index contributed by atoms with van der Waals surface area (Å²) in [5.41, 5.74) is 0.669. The molecule has 1 unspecified atom stereocenters. The van der Waals surface area contributed by atoms with Crippen LogP contribution in [0, 0.1) is 0 Å². The van der Waals surface area contributed by atoms with E-state index in [1.807, 2.05) is 19.1 Å². The van der Waals surface area contributed by atoms with Crippen molar-refractivity contribution in [1.29, 1.82) is 0 Å². The summed E-state index contributed by atoms with van der Waals surface area (Å²) < 4.78 is 6.60. The zero-order valence-electron chi connectivity index (χ0n) is 11.4. The largest absolute Gasteiger partial charge is 0.496 e. The maximum atomic E-state index is 11.4. The van der Waals surface area contributed by atoms with Gasteiger partial charge in [-0.15, -0.1) is 5.10 Å². The van der Waals surface area contributed by atoms with Crippen molar-refractivity contribution < 1.29 is 14.6 Å². The number of methoxy groups -OCH3 is 1. The Labute approximate surface area is 116 Å². The number of benzene rings is 1. The van der Waals surface area contributed by atoms with Crippen LogP contribution in [0.1, 0.15) is 25.8 Å². The zero-order chi connectivity index (χ0) is 14.5. The molecule has 0 aliphatic heterocycles. The van der Waals surface area contributed by atoms with Crippen molar-refractivity contribution in [2.75, 3.05) is 7.11 Å². The number of aromatic nitrogens is 4. The third-order valence-electron chi connectivity index (χ3n) is 2.98. The van der Waals surface area contributed by atoms with Gasteiger partial charge in [-0.25, -0.2) is 9.48 Å². The van der Waals surface area contributed by atoms with Gasteiger partial charge < -0.3 is 9.84 Å². The zero-order valence-corrected chi connectivity index (χ0v) is 11.4. The van der Waals surface area contributed by atoms with Crippen LogP contribution < -0.4 is 4.74 Å². The van der Waals surface area contributed by atoms with Crippen LogP contribution in [0.25, 0.3) is 11.4 Å². The van der Waals surface area contributed by atoms with E-state index < -0.39 is 12.0 Å². The minimum absolute atomic E-state index is 0.392. The van der Waals surface area contributed by atoms with E-state index in [0.29, 0.717) is 23.6 Å². The summed E-state index contributed by atoms with van der Waals surface area (Å²) in [6.45, 7) is 1.92. The highest BCUT2D eigenvalue weighted by Crippen LogP contribution is 2.29. The molecule has 0 spiro atoms. The smallest absolute Gasteiger partial charge is 0.328 e. The lowest BCUT2D eigenvalue weighted by Gasteiger charge is -2.14. The van der Waals surface area contributed by atoms with Gasteiger partial charge >= 0.3 is 5.97 Å². The molecule has 1 aromatic heterocycles. The van der Waals surface area contributed by atoms with Crippen molar-refractivity contribution in [2.45, 2.75) is 25.8 Å². The average Bonchev–Trinajstić information content (AvgIpc) is 2.93. The van der Waals surface area contributed by atoms with Crippen LogP contribution in [0.3, 0.4) is 0 Å². The summed E-state index contributed by atoms with van der Waals surface area (Å²) in [7, 11) is 1.55. The second-order valence-electron chi connectivity index (χ2n) is 4.29. The standard InChI is InChI=1S/C13H16N4O3/c1-3-6-10(13(18)19)17-12(14-15-16-17)9-7-4-5-8-11(9)20-2/h4-5,7-8,10H,3,6H2,1-2H3,(H,18,19). The number of hydrogen-bond donors (Lipinski definition) is 1. The van der Waals surface area contributed by atoms with Gasteiger partial charge in [0.05, 0.1) is 12.7 Å². The average molecular weight is 276 g/mol. The van der Waals surface area contributed by atoms with Gasteiger partial charge in [0.25, 0.3) is 0 Å². The van der Waals surface area contributed by atoms with Gasteiger partial charge in [-0.05, 0) is 29.0 Å². The lowest BCUT2D eigenvalue weighted by Crippen LogP contribution is -2.21. The van der Waals surface area contributed by atoms with Crippen LogP contribution in [-0.4, -0.2) is 38.4 Å². The van der Waals surface area contributed by atoms with Crippen LogP contribution in [0.5, 0.6) is 5.75 Å². The van der Waals surface area contributed by atoms with Crippen LogP contribution in [0.4, 0.5) is 0 Å². The van der Waals surface area contributed by atoms with Gasteiger partial charge in [0.2, 0.25) is 0 Å². The topological polar surface area (TPSA) is 90.1 Å². The Morgan fingerprint density at radius 1 is 1.45 bits per heavy atom. The Kier molecular flexibility index (Phi) is 4.29. The summed E-state index contributed by atoms with van der Waals surface area (Å²) in [6, 6.07) is 6.45. The van der Waals surface area contributed by atoms with E-state index >= 15 is 0 Å². The molecular weight excluding hydrogens is 260 g/mol. The van der Waals surface area contributed by atoms with E-state index in [2.05, 4.69) is 15.5 Å². The van der Waals surface area contributed by atoms with E-state index in [1.165, 1.54) is 4.68 Å². The van der Waals surface area contributed by atoms with Crippen LogP contribution in [-0.2, 0) is 4.79 Å². The number of carbonyl (C=O) groups is 1. The van der Waals surface area contributed by atoms with Crippen molar-refractivity contribution in [3.63, 3.8) is 0 Å². The summed E-state index contributed by atoms with van der Waals surface area (Å²) >= 11 is 0. The fourth-order valence-corrected chi connectivity index (χ4v) is 2.03. The molecule has 2 aromatic rings. The molecule has 20 heavy (non-hydrogen) atoms. The number of carboxylic acids is 1. The highest BCUT2D eigenvalue weighted by atomic mass is 16.5. The van der Waals surface area contributed by atoms with Gasteiger partial charge in [-0.1, -0.05) is 25.5 Å². The molecule has 0 bridgehead atoms. The van der Waals surface area contributed by atoms with Gasteiger partial charge in [0, 0.05) is 0 Å². The molecule has 0 radical (unpaired) electrons. The fraction of sp³-hybridized carbons (Fsp3) is 0.385. The van der Waals surface area contributed by atoms with Crippen molar-refractivity contribution in [3.05, 3.63) is 24.3 Å². The number of rotatable bonds is 6. The summed E-state index contributed by atoms with van der Waals surface area (Å²) in [6.07, 6.45) is 1.19. The molecule has 1 N–H and O–H groups in total. The van der Waals surface area contributed by atoms with E-state index in [4.69, 9.17) is 4.74 Å². The third kappa shape index (κ3) is 2.61. The SMILES string of the molecule is CCCC(C(=O)O)n1nnnc1-c1ccccc1OC. The van der Waals surface area contributed by atoms with Gasteiger partial charge in [0.15, 0.2) is 11.9 Å². The number of aliphatic carboxylic acids is 1. The van der Waals surface area contributed by atoms with Gasteiger partial charge in [-0.2, -0.15) is 0 Å². The van der Waals surface area contributed by atoms with E-state index in [-0.39, 0.29) is 0 Å². The Bertz CT molecular complexity index is 597. The maximum absolute atomic E-state index is 11.4. The summed E-state index contributed by atoms with van der Waals surface area (Å²) in [4.78, 5) is 11.4. The van der Waals surface area contributed by atoms with Crippen LogP contribution in [0.2, 0.25) is 0 Å². The second-order valence-corrected chi connectivity index (χ2v) is 4.29. The number of carboxylic acid groups (broad SMARTS) is 1. The first-order valence-corrected chi connectivity index (χ1v) is 6.33. The highest BCUT2D eigenvalue weighted by molar-refractivity contribution is 5.73. The lowest BCUT2D eigenvalue weighted by atomic mass is 10.1. The van der Waals surface area contributed by atoms with E-state index in [9.17, 15) is 9.90 Å². The molecule has 0 aliphatic rings. The van der Waals surface area contributed by atoms with Crippen molar-refractivity contribution in [2.24, 2.45) is 0 Å². The molecule has 106 valence electrons. The van der Waals surface area contributed by atoms with Crippen molar-refractivity contribution >= 4 is 5.97 Å². The minimum Gasteiger partial charge on any atom is -0.496 e. The van der Waals surface area contributed by atoms with Gasteiger partial charge in [0.1, 0.15) is 5.75 Å². The van der Waals surface area contributed by atoms with E-state index in [1.54, 1.807) is 19.2 Å². The minimum atomic E-state index is -0.949. The van der Waals surface area contributed by atoms with Crippen molar-refractivity contribution in [1.82, 2.24) is 20.2 Å². The molecule has 0 amide bonds. The number of para-hydroxylation sites is 1. The predicted octanol–water partition coefficient (Wildman–Crippen LogP) is 1.77. The maximum Gasteiger partial charge on any atom is 0.328 e. The molecular formula is C13H16N4O3. The first kappa shape index (κ1) is 14.0. The van der Waals surface area contributed by atoms with E-state index in [0.717, 1.165) is 6.42 Å². The fourth-order valence-electron chi connectivity index (χ4n) is 2.03. The van der Waals surface area contributed by atoms with Gasteiger partial charge in [-0.3, -0.25) is 0 Å². The number of nitrogens with zero attached hydrogens (tertiary/aromatic N) is 4. The molecule has 7 nitrogen and oxygen atoms in total. The Morgan fingerprint density at radius 2 is 2.20 bits per heavy atom. The predicted molar refractivity (Wildman–Crippen MR) is 71.4 cm³/mol. The number of ether oxygens (including phenoxy) is 1. The Balaban J connectivity index is 2.49. The molecule has 1 aromatic carbocycles. The summed E-state index contributed by atoms with van der Waals surface area (Å²) in [5, 5.41) is 20.7. The highest BCUT2D eigenvalue weighted by Gasteiger charge is 2.25. The summed E-state index contributed by atoms with van der Waals surface area (Å²) in [5.74, 6) is 0.0442. The molecule has 0 fully saturated rings. The number of tetrazole rings is 1. The Morgan fingerprint density at radius 3 is 2.85 bits per heavy atom. The monoisotopic (exact) mass is 276 g/mol. The normalized spacial score (nSPS) is 12.1. The molecule has 1 atom stereocenters. The van der Waals surface area contributed by atoms with Crippen LogP contribution >= 0.6 is 0 Å². The first-order valence-electron chi connectivity index (χ1n) is 6.33. The lowest BCUT2D eigenvalue weighted by molar-refractivity contribution is -0.141. The number of hydrogen-bond acceptors (Lipinski definition) is 5. The molecule has 7 heteroatoms. The molecule has 0 saturated heterocycles. The molecule has 0 aliphatic carbocycles. The third-order valence-corrected chi connectivity index (χ3v) is 2.98. The van der Waals surface area contributed by atoms with Crippen molar-refractivity contribution in [3.8, 4) is 17.1 Å².